The standard InChI is InChI=1S/C18H18N2O/c1-18(2)17(15-5-3-4-6-16(15)21-18)20-12-14-9-7-13(11-19)8-10-14/h3-10,17,20H,12H2,1-2H3. The first-order valence-corrected chi connectivity index (χ1v) is 7.10. The third kappa shape index (κ3) is 2.63. The van der Waals surface area contributed by atoms with Crippen LogP contribution in [0, 0.1) is 11.3 Å². The fourth-order valence-electron chi connectivity index (χ4n) is 2.80. The molecule has 3 heteroatoms. The molecule has 0 aromatic heterocycles. The second kappa shape index (κ2) is 5.23. The molecular weight excluding hydrogens is 260 g/mol. The number of hydrogen-bond acceptors (Lipinski definition) is 3. The van der Waals surface area contributed by atoms with E-state index in [0.717, 1.165) is 17.9 Å². The van der Waals surface area contributed by atoms with Gasteiger partial charge >= 0.3 is 0 Å². The number of rotatable bonds is 3. The van der Waals surface area contributed by atoms with Crippen molar-refractivity contribution in [1.29, 1.82) is 5.26 Å². The summed E-state index contributed by atoms with van der Waals surface area (Å²) >= 11 is 0. The van der Waals surface area contributed by atoms with Gasteiger partial charge in [-0.2, -0.15) is 5.26 Å². The van der Waals surface area contributed by atoms with E-state index in [1.807, 2.05) is 42.5 Å². The highest BCUT2D eigenvalue weighted by Crippen LogP contribution is 2.42. The number of nitrogens with zero attached hydrogens (tertiary/aromatic N) is 1. The molecule has 0 radical (unpaired) electrons. The zero-order valence-electron chi connectivity index (χ0n) is 12.3. The Kier molecular flexibility index (Phi) is 3.40. The minimum absolute atomic E-state index is 0.157. The summed E-state index contributed by atoms with van der Waals surface area (Å²) in [4.78, 5) is 0. The maximum Gasteiger partial charge on any atom is 0.125 e. The largest absolute Gasteiger partial charge is 0.486 e. The molecule has 0 fully saturated rings. The average Bonchev–Trinajstić information content (AvgIpc) is 2.75. The van der Waals surface area contributed by atoms with E-state index < -0.39 is 0 Å². The molecule has 0 saturated carbocycles. The van der Waals surface area contributed by atoms with Crippen molar-refractivity contribution in [3.63, 3.8) is 0 Å². The molecule has 1 atom stereocenters. The Hall–Kier alpha value is -2.31. The summed E-state index contributed by atoms with van der Waals surface area (Å²) in [6.45, 7) is 4.95. The van der Waals surface area contributed by atoms with E-state index in [0.29, 0.717) is 5.56 Å². The first-order valence-electron chi connectivity index (χ1n) is 7.10. The molecule has 1 heterocycles. The van der Waals surface area contributed by atoms with Crippen molar-refractivity contribution < 1.29 is 4.74 Å². The summed E-state index contributed by atoms with van der Waals surface area (Å²) in [6, 6.07) is 18.1. The molecule has 0 bridgehead atoms. The van der Waals surface area contributed by atoms with E-state index in [2.05, 4.69) is 31.3 Å². The van der Waals surface area contributed by atoms with E-state index in [1.54, 1.807) is 0 Å². The van der Waals surface area contributed by atoms with Crippen molar-refractivity contribution in [2.24, 2.45) is 0 Å². The number of fused-ring (bicyclic) bond motifs is 1. The first-order chi connectivity index (χ1) is 10.1. The van der Waals surface area contributed by atoms with Crippen LogP contribution in [0.2, 0.25) is 0 Å². The summed E-state index contributed by atoms with van der Waals surface area (Å²) in [5.41, 5.74) is 2.79. The van der Waals surface area contributed by atoms with Gasteiger partial charge in [-0.3, -0.25) is 0 Å². The lowest BCUT2D eigenvalue weighted by Gasteiger charge is -2.27. The Morgan fingerprint density at radius 2 is 1.86 bits per heavy atom. The zero-order chi connectivity index (χ0) is 14.9. The van der Waals surface area contributed by atoms with Gasteiger partial charge in [-0.15, -0.1) is 0 Å². The predicted octanol–water partition coefficient (Wildman–Crippen LogP) is 3.56. The van der Waals surface area contributed by atoms with E-state index in [9.17, 15) is 0 Å². The Labute approximate surface area is 125 Å². The van der Waals surface area contributed by atoms with Crippen molar-refractivity contribution in [1.82, 2.24) is 5.32 Å². The molecule has 2 aromatic rings. The van der Waals surface area contributed by atoms with Crippen LogP contribution < -0.4 is 10.1 Å². The minimum atomic E-state index is -0.268. The van der Waals surface area contributed by atoms with Crippen molar-refractivity contribution in [3.05, 3.63) is 65.2 Å². The molecule has 1 N–H and O–H groups in total. The molecular formula is C18H18N2O. The lowest BCUT2D eigenvalue weighted by atomic mass is 9.94. The van der Waals surface area contributed by atoms with Gasteiger partial charge in [0.1, 0.15) is 11.4 Å². The van der Waals surface area contributed by atoms with Gasteiger partial charge in [0, 0.05) is 12.1 Å². The molecule has 1 unspecified atom stereocenters. The molecule has 0 amide bonds. The van der Waals surface area contributed by atoms with Crippen LogP contribution in [-0.2, 0) is 6.54 Å². The van der Waals surface area contributed by atoms with Gasteiger partial charge in [0.2, 0.25) is 0 Å². The molecule has 1 aliphatic heterocycles. The molecule has 0 spiro atoms. The lowest BCUT2D eigenvalue weighted by Crippen LogP contribution is -2.38. The third-order valence-electron chi connectivity index (χ3n) is 3.89. The monoisotopic (exact) mass is 278 g/mol. The van der Waals surface area contributed by atoms with Gasteiger partial charge in [0.15, 0.2) is 0 Å². The Morgan fingerprint density at radius 1 is 1.14 bits per heavy atom. The maximum absolute atomic E-state index is 8.83. The number of hydrogen-bond donors (Lipinski definition) is 1. The zero-order valence-corrected chi connectivity index (χ0v) is 12.3. The number of benzene rings is 2. The summed E-state index contributed by atoms with van der Waals surface area (Å²) in [5, 5.41) is 12.4. The van der Waals surface area contributed by atoms with Crippen molar-refractivity contribution in [2.45, 2.75) is 32.0 Å². The quantitative estimate of drug-likeness (QED) is 0.933. The van der Waals surface area contributed by atoms with Gasteiger partial charge in [-0.05, 0) is 37.6 Å². The van der Waals surface area contributed by atoms with E-state index in [4.69, 9.17) is 10.00 Å². The van der Waals surface area contributed by atoms with Gasteiger partial charge in [0.05, 0.1) is 17.7 Å². The van der Waals surface area contributed by atoms with E-state index >= 15 is 0 Å². The second-order valence-corrected chi connectivity index (χ2v) is 5.87. The third-order valence-corrected chi connectivity index (χ3v) is 3.89. The topological polar surface area (TPSA) is 45.0 Å². The Balaban J connectivity index is 1.76. The van der Waals surface area contributed by atoms with Gasteiger partial charge in [-0.25, -0.2) is 0 Å². The number of para-hydroxylation sites is 1. The smallest absolute Gasteiger partial charge is 0.125 e. The van der Waals surface area contributed by atoms with Crippen LogP contribution in [-0.4, -0.2) is 5.60 Å². The molecule has 3 nitrogen and oxygen atoms in total. The van der Waals surface area contributed by atoms with Crippen molar-refractivity contribution >= 4 is 0 Å². The highest BCUT2D eigenvalue weighted by molar-refractivity contribution is 5.42. The van der Waals surface area contributed by atoms with E-state index in [1.165, 1.54) is 5.56 Å². The van der Waals surface area contributed by atoms with Gasteiger partial charge in [0.25, 0.3) is 0 Å². The maximum atomic E-state index is 8.83. The highest BCUT2D eigenvalue weighted by atomic mass is 16.5. The molecule has 0 saturated heterocycles. The first kappa shape index (κ1) is 13.7. The summed E-state index contributed by atoms with van der Waals surface area (Å²) in [6.07, 6.45) is 0. The normalized spacial score (nSPS) is 18.6. The fourth-order valence-corrected chi connectivity index (χ4v) is 2.80. The molecule has 106 valence electrons. The number of nitriles is 1. The second-order valence-electron chi connectivity index (χ2n) is 5.87. The van der Waals surface area contributed by atoms with Crippen LogP contribution in [0.1, 0.15) is 36.6 Å². The summed E-state index contributed by atoms with van der Waals surface area (Å²) in [5.74, 6) is 0.958. The number of ether oxygens (including phenoxy) is 1. The van der Waals surface area contributed by atoms with Crippen LogP contribution in [0.4, 0.5) is 0 Å². The van der Waals surface area contributed by atoms with Crippen LogP contribution in [0.15, 0.2) is 48.5 Å². The summed E-state index contributed by atoms with van der Waals surface area (Å²) < 4.78 is 6.03. The predicted molar refractivity (Wildman–Crippen MR) is 81.9 cm³/mol. The minimum Gasteiger partial charge on any atom is -0.486 e. The molecule has 2 aromatic carbocycles. The SMILES string of the molecule is CC1(C)Oc2ccccc2C1NCc1ccc(C#N)cc1. The average molecular weight is 278 g/mol. The molecule has 3 rings (SSSR count). The van der Waals surface area contributed by atoms with Crippen LogP contribution >= 0.6 is 0 Å². The molecule has 0 aliphatic carbocycles. The van der Waals surface area contributed by atoms with Crippen LogP contribution in [0.3, 0.4) is 0 Å². The number of nitrogens with one attached hydrogen (secondary N) is 1. The van der Waals surface area contributed by atoms with E-state index in [-0.39, 0.29) is 11.6 Å². The van der Waals surface area contributed by atoms with Gasteiger partial charge in [-0.1, -0.05) is 30.3 Å². The highest BCUT2D eigenvalue weighted by Gasteiger charge is 2.40. The van der Waals surface area contributed by atoms with Crippen molar-refractivity contribution in [2.75, 3.05) is 0 Å². The fraction of sp³-hybridized carbons (Fsp3) is 0.278. The van der Waals surface area contributed by atoms with Gasteiger partial charge < -0.3 is 10.1 Å². The Morgan fingerprint density at radius 3 is 2.57 bits per heavy atom. The lowest BCUT2D eigenvalue weighted by molar-refractivity contribution is 0.0958. The van der Waals surface area contributed by atoms with Crippen molar-refractivity contribution in [3.8, 4) is 11.8 Å². The van der Waals surface area contributed by atoms with Crippen LogP contribution in [0.5, 0.6) is 5.75 Å². The Bertz CT molecular complexity index is 683. The molecule has 21 heavy (non-hydrogen) atoms. The van der Waals surface area contributed by atoms with Crippen LogP contribution in [0.25, 0.3) is 0 Å². The summed E-state index contributed by atoms with van der Waals surface area (Å²) in [7, 11) is 0. The molecule has 1 aliphatic rings.